The van der Waals surface area contributed by atoms with E-state index in [4.69, 9.17) is 15.6 Å². The lowest BCUT2D eigenvalue weighted by molar-refractivity contribution is -0.192. The van der Waals surface area contributed by atoms with Gasteiger partial charge in [-0.05, 0) is 53.9 Å². The third-order valence-corrected chi connectivity index (χ3v) is 5.53. The van der Waals surface area contributed by atoms with E-state index in [-0.39, 0.29) is 11.1 Å². The number of carbonyl (C=O) groups excluding carboxylic acids is 2. The Morgan fingerprint density at radius 3 is 2.13 bits per heavy atom. The van der Waals surface area contributed by atoms with E-state index in [9.17, 15) is 31.5 Å². The van der Waals surface area contributed by atoms with Crippen molar-refractivity contribution in [3.05, 3.63) is 89.1 Å². The molecule has 0 aliphatic rings. The summed E-state index contributed by atoms with van der Waals surface area (Å²) in [6.07, 6.45) is -5.92. The van der Waals surface area contributed by atoms with Crippen LogP contribution in [0.2, 0.25) is 0 Å². The number of benzene rings is 3. The quantitative estimate of drug-likeness (QED) is 0.233. The molecule has 0 bridgehead atoms. The molecule has 0 aliphatic heterocycles. The summed E-state index contributed by atoms with van der Waals surface area (Å²) < 4.78 is 57.2. The van der Waals surface area contributed by atoms with Gasteiger partial charge in [0.15, 0.2) is 0 Å². The molecule has 4 rings (SSSR count). The number of nitrogens with one attached hydrogen (secondary N) is 2. The molecule has 1 aromatic heterocycles. The van der Waals surface area contributed by atoms with Crippen LogP contribution in [0, 0.1) is 6.92 Å². The molecule has 4 aromatic rings. The molecule has 0 fully saturated rings. The molecule has 0 saturated heterocycles. The molecule has 198 valence electrons. The van der Waals surface area contributed by atoms with Crippen LogP contribution in [0.4, 0.5) is 27.6 Å². The fourth-order valence-corrected chi connectivity index (χ4v) is 3.63. The normalized spacial score (nSPS) is 11.1. The van der Waals surface area contributed by atoms with Gasteiger partial charge in [0.1, 0.15) is 0 Å². The maximum Gasteiger partial charge on any atom is 0.490 e. The lowest BCUT2D eigenvalue weighted by atomic mass is 9.94. The highest BCUT2D eigenvalue weighted by Crippen LogP contribution is 2.35. The van der Waals surface area contributed by atoms with Crippen molar-refractivity contribution in [3.63, 3.8) is 0 Å². The molecule has 0 saturated carbocycles. The number of halogens is 5. The summed E-state index contributed by atoms with van der Waals surface area (Å²) in [4.78, 5) is 36.3. The van der Waals surface area contributed by atoms with Gasteiger partial charge in [0, 0.05) is 28.4 Å². The van der Waals surface area contributed by atoms with Crippen molar-refractivity contribution in [2.75, 3.05) is 5.32 Å². The van der Waals surface area contributed by atoms with Crippen molar-refractivity contribution >= 4 is 34.4 Å². The van der Waals surface area contributed by atoms with E-state index in [0.717, 1.165) is 22.1 Å². The fraction of sp³-hybridized carbons (Fsp3) is 0.115. The molecule has 7 nitrogen and oxygen atoms in total. The SMILES string of the molecule is Cc1c(NC(=O)c2ccc(C(F)F)cc2)cccc1-c1ccc(C(N)=O)c2[nH]ccc12.O=C(O)C(F)(F)F. The van der Waals surface area contributed by atoms with Gasteiger partial charge in [-0.15, -0.1) is 0 Å². The molecule has 0 unspecified atom stereocenters. The predicted molar refractivity (Wildman–Crippen MR) is 130 cm³/mol. The Labute approximate surface area is 212 Å². The molecule has 0 atom stereocenters. The topological polar surface area (TPSA) is 125 Å². The number of nitrogens with two attached hydrogens (primary N) is 1. The van der Waals surface area contributed by atoms with Gasteiger partial charge < -0.3 is 21.1 Å². The number of hydrogen-bond acceptors (Lipinski definition) is 3. The van der Waals surface area contributed by atoms with Gasteiger partial charge in [0.25, 0.3) is 18.2 Å². The van der Waals surface area contributed by atoms with Crippen molar-refractivity contribution in [2.45, 2.75) is 19.5 Å². The summed E-state index contributed by atoms with van der Waals surface area (Å²) in [7, 11) is 0. The second kappa shape index (κ2) is 11.1. The number of hydrogen-bond donors (Lipinski definition) is 4. The maximum absolute atomic E-state index is 12.7. The minimum Gasteiger partial charge on any atom is -0.475 e. The second-order valence-corrected chi connectivity index (χ2v) is 7.95. The van der Waals surface area contributed by atoms with Gasteiger partial charge in [-0.25, -0.2) is 13.6 Å². The largest absolute Gasteiger partial charge is 0.490 e. The van der Waals surface area contributed by atoms with E-state index in [1.807, 2.05) is 31.2 Å². The number of carboxylic acid groups (broad SMARTS) is 1. The zero-order valence-corrected chi connectivity index (χ0v) is 19.6. The van der Waals surface area contributed by atoms with E-state index in [1.165, 1.54) is 24.3 Å². The monoisotopic (exact) mass is 533 g/mol. The predicted octanol–water partition coefficient (Wildman–Crippen LogP) is 6.07. The number of fused-ring (bicyclic) bond motifs is 1. The molecule has 1 heterocycles. The number of alkyl halides is 5. The molecule has 3 aromatic carbocycles. The average molecular weight is 533 g/mol. The number of primary amides is 1. The van der Waals surface area contributed by atoms with Crippen LogP contribution in [0.25, 0.3) is 22.0 Å². The highest BCUT2D eigenvalue weighted by molar-refractivity contribution is 6.10. The fourth-order valence-electron chi connectivity index (χ4n) is 3.63. The number of aromatic nitrogens is 1. The highest BCUT2D eigenvalue weighted by Gasteiger charge is 2.38. The molecular formula is C26H20F5N3O4. The van der Waals surface area contributed by atoms with Gasteiger partial charge in [-0.3, -0.25) is 9.59 Å². The molecule has 38 heavy (non-hydrogen) atoms. The summed E-state index contributed by atoms with van der Waals surface area (Å²) in [5.74, 6) is -3.67. The minimum absolute atomic E-state index is 0.135. The van der Waals surface area contributed by atoms with E-state index in [1.54, 1.807) is 18.3 Å². The number of aliphatic carboxylic acids is 1. The molecule has 5 N–H and O–H groups in total. The van der Waals surface area contributed by atoms with Crippen LogP contribution in [-0.2, 0) is 4.79 Å². The number of H-pyrrole nitrogens is 1. The van der Waals surface area contributed by atoms with E-state index in [2.05, 4.69) is 10.3 Å². The van der Waals surface area contributed by atoms with Crippen LogP contribution in [0.5, 0.6) is 0 Å². The molecule has 0 aliphatic carbocycles. The summed E-state index contributed by atoms with van der Waals surface area (Å²) in [6, 6.07) is 16.1. The molecule has 2 amide bonds. The first-order chi connectivity index (χ1) is 17.8. The molecular weight excluding hydrogens is 513 g/mol. The van der Waals surface area contributed by atoms with Crippen LogP contribution in [0.15, 0.2) is 66.9 Å². The molecule has 0 spiro atoms. The van der Waals surface area contributed by atoms with Crippen molar-refractivity contribution in [2.24, 2.45) is 5.73 Å². The van der Waals surface area contributed by atoms with Crippen LogP contribution in [0.3, 0.4) is 0 Å². The zero-order valence-electron chi connectivity index (χ0n) is 19.6. The number of carboxylic acids is 1. The third-order valence-electron chi connectivity index (χ3n) is 5.53. The Kier molecular flexibility index (Phi) is 8.14. The lowest BCUT2D eigenvalue weighted by Gasteiger charge is -2.14. The van der Waals surface area contributed by atoms with Crippen LogP contribution < -0.4 is 11.1 Å². The van der Waals surface area contributed by atoms with Crippen molar-refractivity contribution in [3.8, 4) is 11.1 Å². The Morgan fingerprint density at radius 1 is 0.947 bits per heavy atom. The number of amides is 2. The summed E-state index contributed by atoms with van der Waals surface area (Å²) in [5, 5.41) is 10.8. The van der Waals surface area contributed by atoms with Gasteiger partial charge in [-0.2, -0.15) is 13.2 Å². The number of carbonyl (C=O) groups is 3. The molecule has 12 heteroatoms. The van der Waals surface area contributed by atoms with Gasteiger partial charge in [0.2, 0.25) is 0 Å². The Morgan fingerprint density at radius 2 is 1.58 bits per heavy atom. The van der Waals surface area contributed by atoms with Crippen molar-refractivity contribution < 1.29 is 41.4 Å². The number of rotatable bonds is 5. The Balaban J connectivity index is 0.000000505. The van der Waals surface area contributed by atoms with Crippen molar-refractivity contribution in [1.29, 1.82) is 0 Å². The smallest absolute Gasteiger partial charge is 0.475 e. The van der Waals surface area contributed by atoms with E-state index in [0.29, 0.717) is 16.8 Å². The first-order valence-corrected chi connectivity index (χ1v) is 10.8. The third kappa shape index (κ3) is 6.14. The van der Waals surface area contributed by atoms with Crippen LogP contribution >= 0.6 is 0 Å². The van der Waals surface area contributed by atoms with Crippen LogP contribution in [0.1, 0.15) is 38.3 Å². The second-order valence-electron chi connectivity index (χ2n) is 7.95. The zero-order chi connectivity index (χ0) is 28.2. The average Bonchev–Trinajstić information content (AvgIpc) is 3.34. The number of anilines is 1. The Hall–Kier alpha value is -4.74. The standard InChI is InChI=1S/C24H19F2N3O2.C2HF3O2/c1-13-16(17-9-10-19(23(27)30)21-18(17)11-12-28-21)3-2-4-20(13)29-24(31)15-7-5-14(6-8-15)22(25)26;3-2(4,5)1(6)7/h2-12,22,28H,1H3,(H2,27,30)(H,29,31);(H,6,7). The summed E-state index contributed by atoms with van der Waals surface area (Å²) in [5.41, 5.74) is 9.87. The summed E-state index contributed by atoms with van der Waals surface area (Å²) in [6.45, 7) is 1.88. The Bertz CT molecular complexity index is 1500. The maximum atomic E-state index is 12.7. The van der Waals surface area contributed by atoms with E-state index >= 15 is 0 Å². The highest BCUT2D eigenvalue weighted by atomic mass is 19.4. The van der Waals surface area contributed by atoms with Gasteiger partial charge in [0.05, 0.1) is 11.1 Å². The van der Waals surface area contributed by atoms with Gasteiger partial charge >= 0.3 is 12.1 Å². The summed E-state index contributed by atoms with van der Waals surface area (Å²) >= 11 is 0. The first-order valence-electron chi connectivity index (χ1n) is 10.8. The molecule has 0 radical (unpaired) electrons. The first kappa shape index (κ1) is 27.8. The van der Waals surface area contributed by atoms with Crippen LogP contribution in [-0.4, -0.2) is 34.1 Å². The lowest BCUT2D eigenvalue weighted by Crippen LogP contribution is -2.21. The van der Waals surface area contributed by atoms with Gasteiger partial charge in [-0.1, -0.05) is 30.3 Å². The minimum atomic E-state index is -5.08. The van der Waals surface area contributed by atoms with Crippen molar-refractivity contribution in [1.82, 2.24) is 4.98 Å². The number of aromatic amines is 1. The van der Waals surface area contributed by atoms with E-state index < -0.39 is 30.4 Å².